The van der Waals surface area contributed by atoms with E-state index >= 15 is 0 Å². The monoisotopic (exact) mass is 484 g/mol. The van der Waals surface area contributed by atoms with Gasteiger partial charge in [0.25, 0.3) is 0 Å². The number of nitrogens with one attached hydrogen (secondary N) is 1. The molecule has 0 amide bonds. The van der Waals surface area contributed by atoms with E-state index < -0.39 is 31.1 Å². The fourth-order valence-corrected chi connectivity index (χ4v) is 5.02. The fraction of sp³-hybridized carbons (Fsp3) is 0.421. The van der Waals surface area contributed by atoms with Gasteiger partial charge >= 0.3 is 19.4 Å². The van der Waals surface area contributed by atoms with Crippen LogP contribution in [0.1, 0.15) is 20.1 Å². The van der Waals surface area contributed by atoms with Crippen molar-refractivity contribution in [1.29, 1.82) is 0 Å². The van der Waals surface area contributed by atoms with Gasteiger partial charge in [0.1, 0.15) is 29.8 Å². The molecule has 3 N–H and O–H groups in total. The van der Waals surface area contributed by atoms with Crippen LogP contribution in [0.3, 0.4) is 0 Å². The summed E-state index contributed by atoms with van der Waals surface area (Å²) < 4.78 is 36.5. The molecule has 174 valence electrons. The van der Waals surface area contributed by atoms with Crippen LogP contribution in [0.2, 0.25) is 0 Å². The summed E-state index contributed by atoms with van der Waals surface area (Å²) in [7, 11) is -3.94. The molecule has 2 heterocycles. The molecule has 1 aromatic heterocycles. The molecule has 1 aliphatic rings. The number of aromatic nitrogens is 2. The number of nitrogen functional groups attached to an aromatic ring is 1. The Morgan fingerprint density at radius 1 is 1.38 bits per heavy atom. The number of anilines is 1. The molecule has 1 saturated heterocycles. The Morgan fingerprint density at radius 2 is 2.12 bits per heavy atom. The van der Waals surface area contributed by atoms with Crippen molar-refractivity contribution in [2.45, 2.75) is 31.6 Å². The van der Waals surface area contributed by atoms with Crippen molar-refractivity contribution >= 4 is 31.3 Å². The van der Waals surface area contributed by atoms with Gasteiger partial charge in [-0.05, 0) is 32.0 Å². The zero-order valence-electron chi connectivity index (χ0n) is 17.6. The standard InChI is InChI=1S/C19H25N4O7PS/c1-13(2)28-17(24)10-21-31(26,30-14-6-4-3-5-7-14)27-11-18-29-16(12-32-18)23-9-8-15(20)22-19(23)25/h3-9,13,16,18H,10-12H2,1-2H3,(H,21,26)(H2,20,22,25). The van der Waals surface area contributed by atoms with E-state index in [4.69, 9.17) is 24.3 Å². The summed E-state index contributed by atoms with van der Waals surface area (Å²) in [6, 6.07) is 9.94. The van der Waals surface area contributed by atoms with Crippen LogP contribution in [-0.4, -0.2) is 46.0 Å². The van der Waals surface area contributed by atoms with Gasteiger partial charge in [0, 0.05) is 11.9 Å². The normalized spacial score (nSPS) is 20.1. The predicted octanol–water partition coefficient (Wildman–Crippen LogP) is 2.16. The number of benzene rings is 1. The lowest BCUT2D eigenvalue weighted by atomic mass is 10.3. The topological polar surface area (TPSA) is 144 Å². The summed E-state index contributed by atoms with van der Waals surface area (Å²) in [6.07, 6.45) is 0.619. The number of thioether (sulfide) groups is 1. The second-order valence-corrected chi connectivity index (χ2v) is 9.91. The first-order valence-electron chi connectivity index (χ1n) is 9.79. The van der Waals surface area contributed by atoms with E-state index in [-0.39, 0.29) is 25.1 Å². The Morgan fingerprint density at radius 3 is 2.81 bits per heavy atom. The summed E-state index contributed by atoms with van der Waals surface area (Å²) in [5.74, 6) is 0.287. The second kappa shape index (κ2) is 11.0. The average molecular weight is 484 g/mol. The minimum Gasteiger partial charge on any atom is -0.462 e. The van der Waals surface area contributed by atoms with Crippen molar-refractivity contribution < 1.29 is 27.9 Å². The summed E-state index contributed by atoms with van der Waals surface area (Å²) >= 11 is 1.38. The van der Waals surface area contributed by atoms with Gasteiger partial charge in [-0.1, -0.05) is 18.2 Å². The van der Waals surface area contributed by atoms with Crippen molar-refractivity contribution in [3.05, 3.63) is 53.1 Å². The van der Waals surface area contributed by atoms with E-state index in [1.807, 2.05) is 0 Å². The zero-order valence-corrected chi connectivity index (χ0v) is 19.3. The number of para-hydroxylation sites is 1. The first-order valence-corrected chi connectivity index (χ1v) is 12.4. The number of nitrogens with two attached hydrogens (primary N) is 1. The van der Waals surface area contributed by atoms with Gasteiger partial charge in [-0.15, -0.1) is 11.8 Å². The third-order valence-corrected chi connectivity index (χ3v) is 6.61. The van der Waals surface area contributed by atoms with Crippen molar-refractivity contribution in [2.75, 3.05) is 24.6 Å². The van der Waals surface area contributed by atoms with Gasteiger partial charge in [-0.25, -0.2) is 14.4 Å². The fourth-order valence-electron chi connectivity index (χ4n) is 2.67. The lowest BCUT2D eigenvalue weighted by Gasteiger charge is -2.21. The number of carbonyl (C=O) groups excluding carboxylic acids is 1. The van der Waals surface area contributed by atoms with Crippen LogP contribution in [0, 0.1) is 0 Å². The molecule has 3 unspecified atom stereocenters. The van der Waals surface area contributed by atoms with Crippen LogP contribution in [0.5, 0.6) is 5.75 Å². The Hall–Kier alpha value is -2.37. The van der Waals surface area contributed by atoms with Gasteiger partial charge in [0.05, 0.1) is 12.7 Å². The third kappa shape index (κ3) is 7.07. The van der Waals surface area contributed by atoms with Gasteiger partial charge in [0.15, 0.2) is 0 Å². The van der Waals surface area contributed by atoms with Crippen LogP contribution in [0.25, 0.3) is 0 Å². The summed E-state index contributed by atoms with van der Waals surface area (Å²) in [6.45, 7) is 2.94. The highest BCUT2D eigenvalue weighted by Crippen LogP contribution is 2.45. The first-order chi connectivity index (χ1) is 15.2. The molecule has 3 rings (SSSR count). The Balaban J connectivity index is 1.62. The molecule has 1 fully saturated rings. The zero-order chi connectivity index (χ0) is 23.1. The minimum absolute atomic E-state index is 0.116. The van der Waals surface area contributed by atoms with Gasteiger partial charge in [-0.2, -0.15) is 4.98 Å². The molecule has 11 nitrogen and oxygen atoms in total. The maximum Gasteiger partial charge on any atom is 0.459 e. The Bertz CT molecular complexity index is 1020. The molecule has 0 radical (unpaired) electrons. The van der Waals surface area contributed by atoms with E-state index in [0.717, 1.165) is 0 Å². The van der Waals surface area contributed by atoms with E-state index in [0.29, 0.717) is 11.5 Å². The molecule has 0 saturated carbocycles. The third-order valence-electron chi connectivity index (χ3n) is 4.03. The number of nitrogens with zero attached hydrogens (tertiary/aromatic N) is 2. The van der Waals surface area contributed by atoms with Crippen LogP contribution in [0.4, 0.5) is 5.82 Å². The van der Waals surface area contributed by atoms with Crippen molar-refractivity contribution in [1.82, 2.24) is 14.6 Å². The first kappa shape index (κ1) is 24.3. The van der Waals surface area contributed by atoms with Gasteiger partial charge in [-0.3, -0.25) is 13.9 Å². The number of carbonyl (C=O) groups is 1. The highest BCUT2D eigenvalue weighted by atomic mass is 32.2. The van der Waals surface area contributed by atoms with Crippen LogP contribution in [-0.2, 0) is 23.4 Å². The highest BCUT2D eigenvalue weighted by molar-refractivity contribution is 8.00. The average Bonchev–Trinajstić information content (AvgIpc) is 3.20. The Labute approximate surface area is 189 Å². The molecule has 0 spiro atoms. The van der Waals surface area contributed by atoms with Gasteiger partial charge < -0.3 is 19.7 Å². The van der Waals surface area contributed by atoms with Crippen LogP contribution >= 0.6 is 19.5 Å². The maximum atomic E-state index is 13.3. The van der Waals surface area contributed by atoms with Crippen LogP contribution < -0.4 is 21.0 Å². The number of hydrogen-bond donors (Lipinski definition) is 2. The summed E-state index contributed by atoms with van der Waals surface area (Å²) in [4.78, 5) is 27.6. The van der Waals surface area contributed by atoms with Crippen LogP contribution in [0.15, 0.2) is 47.4 Å². The predicted molar refractivity (Wildman–Crippen MR) is 119 cm³/mol. The molecular weight excluding hydrogens is 459 g/mol. The minimum atomic E-state index is -3.94. The highest BCUT2D eigenvalue weighted by Gasteiger charge is 2.33. The molecule has 1 aromatic carbocycles. The van der Waals surface area contributed by atoms with E-state index in [2.05, 4.69) is 10.1 Å². The second-order valence-electron chi connectivity index (χ2n) is 6.97. The maximum absolute atomic E-state index is 13.3. The van der Waals surface area contributed by atoms with Gasteiger partial charge in [0.2, 0.25) is 0 Å². The number of hydrogen-bond acceptors (Lipinski definition) is 10. The largest absolute Gasteiger partial charge is 0.462 e. The van der Waals surface area contributed by atoms with E-state index in [9.17, 15) is 14.2 Å². The summed E-state index contributed by atoms with van der Waals surface area (Å²) in [5.41, 5.74) is 4.46. The molecule has 1 aliphatic heterocycles. The van der Waals surface area contributed by atoms with Crippen molar-refractivity contribution in [3.8, 4) is 5.75 Å². The van der Waals surface area contributed by atoms with Crippen molar-refractivity contribution in [2.24, 2.45) is 0 Å². The molecule has 0 bridgehead atoms. The van der Waals surface area contributed by atoms with Crippen molar-refractivity contribution in [3.63, 3.8) is 0 Å². The lowest BCUT2D eigenvalue weighted by Crippen LogP contribution is -2.29. The molecule has 3 atom stereocenters. The number of ether oxygens (including phenoxy) is 2. The SMILES string of the molecule is CC(C)OC(=O)CNP(=O)(OCC1OC(n2ccc(N)nc2=O)CS1)Oc1ccccc1. The number of rotatable bonds is 10. The lowest BCUT2D eigenvalue weighted by molar-refractivity contribution is -0.145. The van der Waals surface area contributed by atoms with E-state index in [1.165, 1.54) is 28.6 Å². The molecule has 13 heteroatoms. The number of esters is 1. The quantitative estimate of drug-likeness (QED) is 0.378. The summed E-state index contributed by atoms with van der Waals surface area (Å²) in [5, 5.41) is 2.52. The molecule has 2 aromatic rings. The smallest absolute Gasteiger partial charge is 0.459 e. The molecular formula is C19H25N4O7PS. The Kier molecular flexibility index (Phi) is 8.32. The molecule has 32 heavy (non-hydrogen) atoms. The molecule has 0 aliphatic carbocycles. The van der Waals surface area contributed by atoms with E-state index in [1.54, 1.807) is 44.2 Å².